The van der Waals surface area contributed by atoms with Crippen molar-refractivity contribution in [3.05, 3.63) is 34.3 Å². The third-order valence-corrected chi connectivity index (χ3v) is 6.47. The van der Waals surface area contributed by atoms with Crippen molar-refractivity contribution in [3.8, 4) is 5.75 Å². The maximum atomic E-state index is 12.7. The van der Waals surface area contributed by atoms with Gasteiger partial charge in [0.2, 0.25) is 15.9 Å². The molecule has 1 aliphatic rings. The molecule has 1 N–H and O–H groups in total. The summed E-state index contributed by atoms with van der Waals surface area (Å²) in [5, 5.41) is 2.87. The number of hydrogen-bond acceptors (Lipinski definition) is 6. The average Bonchev–Trinajstić information content (AvgIpc) is 3.22. The standard InChI is InChI=1S/C17H21N3O4S2/c1-12-19-13(11-25-12)7-8-18-26(22,23)16-10-14(5-6-15(16)24-2)20-9-3-4-17(20)21/h5-6,10-11,18H,3-4,7-9H2,1-2H3. The van der Waals surface area contributed by atoms with E-state index in [0.29, 0.717) is 25.1 Å². The lowest BCUT2D eigenvalue weighted by atomic mass is 10.3. The Kier molecular flexibility index (Phi) is 5.59. The zero-order chi connectivity index (χ0) is 18.7. The van der Waals surface area contributed by atoms with Crippen LogP contribution in [0, 0.1) is 6.92 Å². The van der Waals surface area contributed by atoms with Gasteiger partial charge in [0, 0.05) is 37.0 Å². The molecule has 1 fully saturated rings. The van der Waals surface area contributed by atoms with Crippen molar-refractivity contribution < 1.29 is 17.9 Å². The lowest BCUT2D eigenvalue weighted by Gasteiger charge is -2.18. The number of carbonyl (C=O) groups excluding carboxylic acids is 1. The van der Waals surface area contributed by atoms with Crippen molar-refractivity contribution in [1.82, 2.24) is 9.71 Å². The van der Waals surface area contributed by atoms with E-state index >= 15 is 0 Å². The monoisotopic (exact) mass is 395 g/mol. The van der Waals surface area contributed by atoms with E-state index in [1.54, 1.807) is 17.0 Å². The van der Waals surface area contributed by atoms with E-state index in [9.17, 15) is 13.2 Å². The lowest BCUT2D eigenvalue weighted by molar-refractivity contribution is -0.117. The molecule has 0 atom stereocenters. The van der Waals surface area contributed by atoms with Crippen molar-refractivity contribution in [1.29, 1.82) is 0 Å². The van der Waals surface area contributed by atoms with E-state index in [-0.39, 0.29) is 23.1 Å². The molecule has 1 aromatic heterocycles. The van der Waals surface area contributed by atoms with Crippen molar-refractivity contribution in [3.63, 3.8) is 0 Å². The Bertz CT molecular complexity index is 908. The van der Waals surface area contributed by atoms with E-state index in [0.717, 1.165) is 17.1 Å². The number of aromatic nitrogens is 1. The number of hydrogen-bond donors (Lipinski definition) is 1. The number of amides is 1. The summed E-state index contributed by atoms with van der Waals surface area (Å²) in [4.78, 5) is 17.9. The Morgan fingerprint density at radius 1 is 1.38 bits per heavy atom. The van der Waals surface area contributed by atoms with Gasteiger partial charge in [0.1, 0.15) is 10.6 Å². The Balaban J connectivity index is 1.79. The first-order valence-electron chi connectivity index (χ1n) is 8.30. The highest BCUT2D eigenvalue weighted by molar-refractivity contribution is 7.89. The number of benzene rings is 1. The molecule has 0 saturated carbocycles. The summed E-state index contributed by atoms with van der Waals surface area (Å²) in [5.74, 6) is 0.253. The highest BCUT2D eigenvalue weighted by Gasteiger charge is 2.25. The molecule has 1 amide bonds. The van der Waals surface area contributed by atoms with Crippen molar-refractivity contribution >= 4 is 33.0 Å². The van der Waals surface area contributed by atoms with Gasteiger partial charge in [0.05, 0.1) is 17.8 Å². The summed E-state index contributed by atoms with van der Waals surface area (Å²) in [6, 6.07) is 4.79. The summed E-state index contributed by atoms with van der Waals surface area (Å²) in [7, 11) is -2.35. The molecule has 0 unspecified atom stereocenters. The summed E-state index contributed by atoms with van der Waals surface area (Å²) in [6.07, 6.45) is 1.77. The van der Waals surface area contributed by atoms with E-state index in [1.165, 1.54) is 24.5 Å². The zero-order valence-corrected chi connectivity index (χ0v) is 16.3. The minimum Gasteiger partial charge on any atom is -0.495 e. The number of nitrogens with zero attached hydrogens (tertiary/aromatic N) is 2. The van der Waals surface area contributed by atoms with Gasteiger partial charge in [-0.3, -0.25) is 4.79 Å². The van der Waals surface area contributed by atoms with Crippen LogP contribution in [0.2, 0.25) is 0 Å². The van der Waals surface area contributed by atoms with Gasteiger partial charge in [0.15, 0.2) is 0 Å². The van der Waals surface area contributed by atoms with Crippen LogP contribution < -0.4 is 14.4 Å². The fraction of sp³-hybridized carbons (Fsp3) is 0.412. The summed E-state index contributed by atoms with van der Waals surface area (Å²) in [5.41, 5.74) is 1.43. The molecule has 26 heavy (non-hydrogen) atoms. The number of ether oxygens (including phenoxy) is 1. The van der Waals surface area contributed by atoms with E-state index in [1.807, 2.05) is 12.3 Å². The highest BCUT2D eigenvalue weighted by Crippen LogP contribution is 2.30. The molecule has 3 rings (SSSR count). The Morgan fingerprint density at radius 2 is 2.19 bits per heavy atom. The van der Waals surface area contributed by atoms with Gasteiger partial charge in [-0.15, -0.1) is 11.3 Å². The first-order chi connectivity index (χ1) is 12.4. The molecule has 2 aromatic rings. The number of aryl methyl sites for hydroxylation is 1. The molecular formula is C17H21N3O4S2. The lowest BCUT2D eigenvalue weighted by Crippen LogP contribution is -2.28. The van der Waals surface area contributed by atoms with Gasteiger partial charge in [-0.2, -0.15) is 0 Å². The smallest absolute Gasteiger partial charge is 0.244 e. The zero-order valence-electron chi connectivity index (χ0n) is 14.7. The minimum atomic E-state index is -3.77. The first kappa shape index (κ1) is 18.8. The van der Waals surface area contributed by atoms with Crippen LogP contribution in [0.4, 0.5) is 5.69 Å². The average molecular weight is 396 g/mol. The van der Waals surface area contributed by atoms with Gasteiger partial charge in [-0.25, -0.2) is 18.1 Å². The molecule has 1 aliphatic heterocycles. The maximum absolute atomic E-state index is 12.7. The highest BCUT2D eigenvalue weighted by atomic mass is 32.2. The predicted molar refractivity (Wildman–Crippen MR) is 100 cm³/mol. The molecule has 1 saturated heterocycles. The molecule has 9 heteroatoms. The molecular weight excluding hydrogens is 374 g/mol. The molecule has 0 radical (unpaired) electrons. The number of sulfonamides is 1. The van der Waals surface area contributed by atoms with Gasteiger partial charge in [-0.1, -0.05) is 0 Å². The third kappa shape index (κ3) is 4.05. The molecule has 0 spiro atoms. The quantitative estimate of drug-likeness (QED) is 0.776. The van der Waals surface area contributed by atoms with Gasteiger partial charge < -0.3 is 9.64 Å². The van der Waals surface area contributed by atoms with Crippen molar-refractivity contribution in [2.24, 2.45) is 0 Å². The van der Waals surface area contributed by atoms with Crippen LogP contribution in [0.3, 0.4) is 0 Å². The second-order valence-corrected chi connectivity index (χ2v) is 8.79. The first-order valence-corrected chi connectivity index (χ1v) is 10.7. The van der Waals surface area contributed by atoms with E-state index in [2.05, 4.69) is 9.71 Å². The van der Waals surface area contributed by atoms with Crippen LogP contribution in [0.15, 0.2) is 28.5 Å². The number of thiazole rings is 1. The topological polar surface area (TPSA) is 88.6 Å². The van der Waals surface area contributed by atoms with Crippen LogP contribution >= 0.6 is 11.3 Å². The minimum absolute atomic E-state index is 0.00498. The predicted octanol–water partition coefficient (Wildman–Crippen LogP) is 2.11. The number of rotatable bonds is 7. The normalized spacial score (nSPS) is 14.8. The Hall–Kier alpha value is -1.97. The Labute approximate surface area is 157 Å². The van der Waals surface area contributed by atoms with Gasteiger partial charge in [0.25, 0.3) is 0 Å². The third-order valence-electron chi connectivity index (χ3n) is 4.16. The number of carbonyl (C=O) groups is 1. The number of anilines is 1. The van der Waals surface area contributed by atoms with Crippen LogP contribution in [-0.2, 0) is 21.2 Å². The molecule has 2 heterocycles. The number of nitrogens with one attached hydrogen (secondary N) is 1. The fourth-order valence-electron chi connectivity index (χ4n) is 2.88. The van der Waals surface area contributed by atoms with Gasteiger partial charge >= 0.3 is 0 Å². The fourth-order valence-corrected chi connectivity index (χ4v) is 4.74. The van der Waals surface area contributed by atoms with Crippen molar-refractivity contribution in [2.75, 3.05) is 25.1 Å². The second kappa shape index (κ2) is 7.73. The van der Waals surface area contributed by atoms with E-state index < -0.39 is 10.0 Å². The largest absolute Gasteiger partial charge is 0.495 e. The van der Waals surface area contributed by atoms with Gasteiger partial charge in [-0.05, 0) is 31.5 Å². The summed E-state index contributed by atoms with van der Waals surface area (Å²) in [6.45, 7) is 2.75. The molecule has 1 aromatic carbocycles. The summed E-state index contributed by atoms with van der Waals surface area (Å²) >= 11 is 1.54. The van der Waals surface area contributed by atoms with Crippen molar-refractivity contribution in [2.45, 2.75) is 31.1 Å². The molecule has 140 valence electrons. The molecule has 7 nitrogen and oxygen atoms in total. The maximum Gasteiger partial charge on any atom is 0.244 e. The Morgan fingerprint density at radius 3 is 2.81 bits per heavy atom. The van der Waals surface area contributed by atoms with E-state index in [4.69, 9.17) is 4.74 Å². The van der Waals surface area contributed by atoms with Crippen LogP contribution in [0.5, 0.6) is 5.75 Å². The molecule has 0 bridgehead atoms. The number of methoxy groups -OCH3 is 1. The molecule has 0 aliphatic carbocycles. The van der Waals surface area contributed by atoms with Crippen LogP contribution in [0.25, 0.3) is 0 Å². The second-order valence-electron chi connectivity index (χ2n) is 5.99. The summed E-state index contributed by atoms with van der Waals surface area (Å²) < 4.78 is 33.3. The SMILES string of the molecule is COc1ccc(N2CCCC2=O)cc1S(=O)(=O)NCCc1csc(C)n1. The van der Waals surface area contributed by atoms with Crippen LogP contribution in [-0.4, -0.2) is 39.5 Å². The van der Waals surface area contributed by atoms with Crippen LogP contribution in [0.1, 0.15) is 23.5 Å².